The number of H-pyrrole nitrogens is 1. The summed E-state index contributed by atoms with van der Waals surface area (Å²) < 4.78 is 27.8. The monoisotopic (exact) mass is 430 g/mol. The third-order valence-electron chi connectivity index (χ3n) is 5.83. The van der Waals surface area contributed by atoms with Crippen LogP contribution in [0.4, 0.5) is 14.5 Å². The fraction of sp³-hybridized carbons (Fsp3) is 0.192. The maximum Gasteiger partial charge on any atom is 0.123 e. The summed E-state index contributed by atoms with van der Waals surface area (Å²) in [7, 11) is 0. The predicted molar refractivity (Wildman–Crippen MR) is 123 cm³/mol. The van der Waals surface area contributed by atoms with Crippen molar-refractivity contribution in [3.8, 4) is 22.5 Å². The van der Waals surface area contributed by atoms with Gasteiger partial charge in [-0.3, -0.25) is 4.90 Å². The topological polar surface area (TPSA) is 35.2 Å². The van der Waals surface area contributed by atoms with Crippen molar-refractivity contribution in [1.82, 2.24) is 14.9 Å². The van der Waals surface area contributed by atoms with Gasteiger partial charge in [-0.05, 0) is 36.4 Å². The lowest BCUT2D eigenvalue weighted by Crippen LogP contribution is -2.46. The van der Waals surface area contributed by atoms with Gasteiger partial charge in [0.25, 0.3) is 0 Å². The zero-order valence-corrected chi connectivity index (χ0v) is 17.6. The van der Waals surface area contributed by atoms with Crippen molar-refractivity contribution in [1.29, 1.82) is 0 Å². The molecule has 0 bridgehead atoms. The molecule has 0 spiro atoms. The van der Waals surface area contributed by atoms with Crippen LogP contribution >= 0.6 is 0 Å². The van der Waals surface area contributed by atoms with Gasteiger partial charge in [-0.2, -0.15) is 0 Å². The number of para-hydroxylation sites is 1. The van der Waals surface area contributed by atoms with E-state index in [9.17, 15) is 8.78 Å². The molecule has 0 aliphatic carbocycles. The molecule has 4 nitrogen and oxygen atoms in total. The smallest absolute Gasteiger partial charge is 0.123 e. The van der Waals surface area contributed by atoms with Crippen LogP contribution in [0.5, 0.6) is 0 Å². The van der Waals surface area contributed by atoms with Crippen LogP contribution in [0.15, 0.2) is 78.9 Å². The summed E-state index contributed by atoms with van der Waals surface area (Å²) in [4.78, 5) is 12.9. The van der Waals surface area contributed by atoms with E-state index in [0.29, 0.717) is 29.1 Å². The molecule has 1 N–H and O–H groups in total. The minimum Gasteiger partial charge on any atom is -0.369 e. The number of nitrogens with zero attached hydrogens (tertiary/aromatic N) is 3. The first-order valence-corrected chi connectivity index (χ1v) is 10.8. The molecule has 1 aromatic heterocycles. The van der Waals surface area contributed by atoms with Crippen molar-refractivity contribution in [3.05, 3.63) is 96.3 Å². The molecule has 1 saturated heterocycles. The SMILES string of the molecule is Fc1cccc(-c2nc(CN3CCN(c4ccccc4)CC3)[nH]c2-c2cccc(F)c2)c1. The van der Waals surface area contributed by atoms with Crippen molar-refractivity contribution in [2.45, 2.75) is 6.54 Å². The molecule has 1 fully saturated rings. The summed E-state index contributed by atoms with van der Waals surface area (Å²) in [5.74, 6) is 0.145. The van der Waals surface area contributed by atoms with E-state index in [-0.39, 0.29) is 11.6 Å². The van der Waals surface area contributed by atoms with E-state index in [0.717, 1.165) is 32.0 Å². The second-order valence-corrected chi connectivity index (χ2v) is 8.03. The maximum atomic E-state index is 13.9. The molecule has 32 heavy (non-hydrogen) atoms. The normalized spacial score (nSPS) is 14.6. The van der Waals surface area contributed by atoms with Gasteiger partial charge in [-0.25, -0.2) is 13.8 Å². The summed E-state index contributed by atoms with van der Waals surface area (Å²) in [6.45, 7) is 4.37. The standard InChI is InChI=1S/C26H24F2N4/c27-21-8-4-6-19(16-21)25-26(20-7-5-9-22(28)17-20)30-24(29-25)18-31-12-14-32(15-13-31)23-10-2-1-3-11-23/h1-11,16-17H,12-15,18H2,(H,29,30). The number of aromatic amines is 1. The second-order valence-electron chi connectivity index (χ2n) is 8.03. The largest absolute Gasteiger partial charge is 0.369 e. The molecule has 1 aliphatic rings. The number of hydrogen-bond acceptors (Lipinski definition) is 3. The fourth-order valence-electron chi connectivity index (χ4n) is 4.21. The first-order valence-electron chi connectivity index (χ1n) is 10.8. The Labute approximate surface area is 186 Å². The number of nitrogens with one attached hydrogen (secondary N) is 1. The minimum absolute atomic E-state index is 0.319. The summed E-state index contributed by atoms with van der Waals surface area (Å²) in [6.07, 6.45) is 0. The van der Waals surface area contributed by atoms with Gasteiger partial charge in [0.2, 0.25) is 0 Å². The number of halogens is 2. The van der Waals surface area contributed by atoms with Gasteiger partial charge in [0.1, 0.15) is 17.5 Å². The van der Waals surface area contributed by atoms with Gasteiger partial charge in [0.15, 0.2) is 0 Å². The van der Waals surface area contributed by atoms with Crippen LogP contribution in [0.2, 0.25) is 0 Å². The van der Waals surface area contributed by atoms with Gasteiger partial charge < -0.3 is 9.88 Å². The van der Waals surface area contributed by atoms with Crippen molar-refractivity contribution in [2.75, 3.05) is 31.1 Å². The Morgan fingerprint density at radius 3 is 2.09 bits per heavy atom. The molecule has 4 aromatic rings. The zero-order chi connectivity index (χ0) is 21.9. The molecule has 2 heterocycles. The first-order chi connectivity index (χ1) is 15.7. The number of rotatable bonds is 5. The Bertz CT molecular complexity index is 1130. The lowest BCUT2D eigenvalue weighted by molar-refractivity contribution is 0.245. The quantitative estimate of drug-likeness (QED) is 0.464. The van der Waals surface area contributed by atoms with E-state index < -0.39 is 0 Å². The third-order valence-corrected chi connectivity index (χ3v) is 5.83. The van der Waals surface area contributed by atoms with E-state index in [4.69, 9.17) is 4.98 Å². The summed E-state index contributed by atoms with van der Waals surface area (Å²) >= 11 is 0. The Kier molecular flexibility index (Phi) is 5.69. The number of piperazine rings is 1. The van der Waals surface area contributed by atoms with Crippen LogP contribution in [-0.4, -0.2) is 41.0 Å². The zero-order valence-electron chi connectivity index (χ0n) is 17.6. The number of anilines is 1. The summed E-state index contributed by atoms with van der Waals surface area (Å²) in [6, 6.07) is 23.2. The number of imidazole rings is 1. The molecule has 6 heteroatoms. The lowest BCUT2D eigenvalue weighted by Gasteiger charge is -2.35. The molecule has 5 rings (SSSR count). The third kappa shape index (κ3) is 4.41. The summed E-state index contributed by atoms with van der Waals surface area (Å²) in [5.41, 5.74) is 3.94. The molecule has 1 aliphatic heterocycles. The van der Waals surface area contributed by atoms with Gasteiger partial charge in [-0.15, -0.1) is 0 Å². The predicted octanol–water partition coefficient (Wildman–Crippen LogP) is 5.34. The fourth-order valence-corrected chi connectivity index (χ4v) is 4.21. The molecule has 162 valence electrons. The summed E-state index contributed by atoms with van der Waals surface area (Å²) in [5, 5.41) is 0. The lowest BCUT2D eigenvalue weighted by atomic mass is 10.0. The van der Waals surface area contributed by atoms with Crippen LogP contribution in [0.25, 0.3) is 22.5 Å². The molecular weight excluding hydrogens is 406 g/mol. The highest BCUT2D eigenvalue weighted by Crippen LogP contribution is 2.31. The van der Waals surface area contributed by atoms with Crippen molar-refractivity contribution >= 4 is 5.69 Å². The van der Waals surface area contributed by atoms with Gasteiger partial charge in [-0.1, -0.05) is 42.5 Å². The highest BCUT2D eigenvalue weighted by molar-refractivity contribution is 5.78. The number of benzene rings is 3. The minimum atomic E-state index is -0.325. The van der Waals surface area contributed by atoms with Crippen LogP contribution < -0.4 is 4.90 Å². The maximum absolute atomic E-state index is 13.9. The van der Waals surface area contributed by atoms with Crippen molar-refractivity contribution < 1.29 is 8.78 Å². The van der Waals surface area contributed by atoms with Crippen molar-refractivity contribution in [3.63, 3.8) is 0 Å². The Balaban J connectivity index is 1.38. The molecule has 0 radical (unpaired) electrons. The van der Waals surface area contributed by atoms with Crippen LogP contribution in [0.1, 0.15) is 5.82 Å². The molecule has 0 amide bonds. The van der Waals surface area contributed by atoms with E-state index in [1.54, 1.807) is 12.1 Å². The molecule has 0 atom stereocenters. The Morgan fingerprint density at radius 1 is 0.750 bits per heavy atom. The second kappa shape index (κ2) is 8.93. The van der Waals surface area contributed by atoms with E-state index in [2.05, 4.69) is 39.0 Å². The van der Waals surface area contributed by atoms with E-state index >= 15 is 0 Å². The van der Waals surface area contributed by atoms with Gasteiger partial charge in [0, 0.05) is 43.0 Å². The van der Waals surface area contributed by atoms with Crippen LogP contribution in [-0.2, 0) is 6.54 Å². The van der Waals surface area contributed by atoms with Crippen LogP contribution in [0, 0.1) is 11.6 Å². The van der Waals surface area contributed by atoms with Crippen molar-refractivity contribution in [2.24, 2.45) is 0 Å². The average Bonchev–Trinajstić information content (AvgIpc) is 3.24. The van der Waals surface area contributed by atoms with E-state index in [1.807, 2.05) is 18.2 Å². The molecule has 0 unspecified atom stereocenters. The highest BCUT2D eigenvalue weighted by Gasteiger charge is 2.20. The molecule has 0 saturated carbocycles. The molecule has 3 aromatic carbocycles. The van der Waals surface area contributed by atoms with Gasteiger partial charge in [0.05, 0.1) is 17.9 Å². The van der Waals surface area contributed by atoms with Crippen LogP contribution in [0.3, 0.4) is 0 Å². The molecular formula is C26H24F2N4. The van der Waals surface area contributed by atoms with Gasteiger partial charge >= 0.3 is 0 Å². The average molecular weight is 431 g/mol. The highest BCUT2D eigenvalue weighted by atomic mass is 19.1. The Morgan fingerprint density at radius 2 is 1.41 bits per heavy atom. The van der Waals surface area contributed by atoms with E-state index in [1.165, 1.54) is 30.0 Å². The number of aromatic nitrogens is 2. The number of hydrogen-bond donors (Lipinski definition) is 1. The Hall–Kier alpha value is -3.51. The first kappa shape index (κ1) is 20.4.